The Kier molecular flexibility index (Phi) is 3.74. The minimum Gasteiger partial charge on any atom is -0.392 e. The third-order valence-corrected chi connectivity index (χ3v) is 3.39. The molecule has 1 heterocycles. The number of nitrogens with zero attached hydrogens (tertiary/aromatic N) is 1. The Balaban J connectivity index is 1.99. The second kappa shape index (κ2) is 5.10. The van der Waals surface area contributed by atoms with Crippen LogP contribution >= 0.6 is 0 Å². The molecule has 0 amide bonds. The van der Waals surface area contributed by atoms with Crippen molar-refractivity contribution in [2.45, 2.75) is 26.0 Å². The molecule has 1 aliphatic heterocycles. The Morgan fingerprint density at radius 2 is 2.12 bits per heavy atom. The zero-order valence-corrected chi connectivity index (χ0v) is 9.87. The molecule has 2 unspecified atom stereocenters. The monoisotopic (exact) mass is 241 g/mol. The summed E-state index contributed by atoms with van der Waals surface area (Å²) in [4.78, 5) is 2.07. The Morgan fingerprint density at radius 1 is 1.35 bits per heavy atom. The van der Waals surface area contributed by atoms with Gasteiger partial charge < -0.3 is 5.11 Å². The lowest BCUT2D eigenvalue weighted by molar-refractivity contribution is 0.0259. The standard InChI is InChI=1S/C13H17F2NO/c1-9-4-5-16(8-13(9)17)7-10-2-3-11(14)12(15)6-10/h2-3,6,9,13,17H,4-5,7-8H2,1H3. The molecule has 0 radical (unpaired) electrons. The Morgan fingerprint density at radius 3 is 2.76 bits per heavy atom. The first-order chi connectivity index (χ1) is 8.06. The number of halogens is 2. The fourth-order valence-corrected chi connectivity index (χ4v) is 2.15. The summed E-state index contributed by atoms with van der Waals surface area (Å²) in [5.74, 6) is -1.31. The molecule has 1 saturated heterocycles. The average Bonchev–Trinajstić information content (AvgIpc) is 2.29. The minimum atomic E-state index is -0.818. The first-order valence-corrected chi connectivity index (χ1v) is 5.90. The van der Waals surface area contributed by atoms with Gasteiger partial charge in [0.25, 0.3) is 0 Å². The van der Waals surface area contributed by atoms with Crippen LogP contribution in [0.3, 0.4) is 0 Å². The Labute approximate surface area is 99.9 Å². The van der Waals surface area contributed by atoms with Crippen LogP contribution in [0.25, 0.3) is 0 Å². The highest BCUT2D eigenvalue weighted by atomic mass is 19.2. The molecule has 0 bridgehead atoms. The average molecular weight is 241 g/mol. The van der Waals surface area contributed by atoms with Crippen molar-refractivity contribution in [3.63, 3.8) is 0 Å². The maximum Gasteiger partial charge on any atom is 0.159 e. The van der Waals surface area contributed by atoms with Crippen molar-refractivity contribution in [2.24, 2.45) is 5.92 Å². The van der Waals surface area contributed by atoms with Gasteiger partial charge in [-0.2, -0.15) is 0 Å². The molecule has 4 heteroatoms. The summed E-state index contributed by atoms with van der Waals surface area (Å²) in [6.07, 6.45) is 0.610. The Hall–Kier alpha value is -1.00. The van der Waals surface area contributed by atoms with Gasteiger partial charge in [-0.15, -0.1) is 0 Å². The van der Waals surface area contributed by atoms with E-state index in [2.05, 4.69) is 4.90 Å². The fourth-order valence-electron chi connectivity index (χ4n) is 2.15. The van der Waals surface area contributed by atoms with Gasteiger partial charge >= 0.3 is 0 Å². The zero-order valence-electron chi connectivity index (χ0n) is 9.87. The third-order valence-electron chi connectivity index (χ3n) is 3.39. The van der Waals surface area contributed by atoms with E-state index < -0.39 is 11.6 Å². The lowest BCUT2D eigenvalue weighted by Gasteiger charge is -2.34. The first kappa shape index (κ1) is 12.5. The number of aliphatic hydroxyl groups is 1. The summed E-state index contributed by atoms with van der Waals surface area (Å²) in [5.41, 5.74) is 0.741. The van der Waals surface area contributed by atoms with Crippen LogP contribution in [-0.4, -0.2) is 29.2 Å². The van der Waals surface area contributed by atoms with Gasteiger partial charge in [-0.05, 0) is 36.6 Å². The fraction of sp³-hybridized carbons (Fsp3) is 0.538. The largest absolute Gasteiger partial charge is 0.392 e. The third kappa shape index (κ3) is 3.01. The summed E-state index contributed by atoms with van der Waals surface area (Å²) in [6, 6.07) is 3.95. The number of aliphatic hydroxyl groups excluding tert-OH is 1. The van der Waals surface area contributed by atoms with E-state index in [0.717, 1.165) is 24.6 Å². The van der Waals surface area contributed by atoms with Crippen LogP contribution in [0.5, 0.6) is 0 Å². The number of hydrogen-bond donors (Lipinski definition) is 1. The van der Waals surface area contributed by atoms with E-state index in [1.165, 1.54) is 6.07 Å². The van der Waals surface area contributed by atoms with E-state index >= 15 is 0 Å². The molecule has 1 fully saturated rings. The number of piperidine rings is 1. The highest BCUT2D eigenvalue weighted by Gasteiger charge is 2.24. The van der Waals surface area contributed by atoms with Crippen LogP contribution in [-0.2, 0) is 6.54 Å². The SMILES string of the molecule is CC1CCN(Cc2ccc(F)c(F)c2)CC1O. The molecule has 0 spiro atoms. The zero-order chi connectivity index (χ0) is 12.4. The maximum absolute atomic E-state index is 13.0. The summed E-state index contributed by atoms with van der Waals surface area (Å²) in [6.45, 7) is 4.07. The normalized spacial score (nSPS) is 26.1. The number of rotatable bonds is 2. The maximum atomic E-state index is 13.0. The lowest BCUT2D eigenvalue weighted by Crippen LogP contribution is -2.42. The number of β-amino-alcohol motifs (C(OH)–C–C–N with tert-alkyl or cyclic N) is 1. The van der Waals surface area contributed by atoms with Crippen LogP contribution in [0.1, 0.15) is 18.9 Å². The van der Waals surface area contributed by atoms with Crippen LogP contribution in [0.2, 0.25) is 0 Å². The number of hydrogen-bond acceptors (Lipinski definition) is 2. The van der Waals surface area contributed by atoms with E-state index in [0.29, 0.717) is 19.0 Å². The van der Waals surface area contributed by atoms with Crippen LogP contribution in [0, 0.1) is 17.6 Å². The van der Waals surface area contributed by atoms with Crippen molar-refractivity contribution < 1.29 is 13.9 Å². The smallest absolute Gasteiger partial charge is 0.159 e. The highest BCUT2D eigenvalue weighted by Crippen LogP contribution is 2.19. The molecule has 0 saturated carbocycles. The van der Waals surface area contributed by atoms with Gasteiger partial charge in [-0.3, -0.25) is 4.90 Å². The summed E-state index contributed by atoms with van der Waals surface area (Å²) >= 11 is 0. The Bertz CT molecular complexity index is 397. The summed E-state index contributed by atoms with van der Waals surface area (Å²) < 4.78 is 25.8. The number of benzene rings is 1. The molecule has 94 valence electrons. The van der Waals surface area contributed by atoms with E-state index in [1.807, 2.05) is 6.92 Å². The van der Waals surface area contributed by atoms with Crippen molar-refractivity contribution in [1.29, 1.82) is 0 Å². The molecule has 17 heavy (non-hydrogen) atoms. The summed E-state index contributed by atoms with van der Waals surface area (Å²) in [5, 5.41) is 9.75. The van der Waals surface area contributed by atoms with Gasteiger partial charge in [-0.1, -0.05) is 13.0 Å². The molecule has 0 aliphatic carbocycles. The highest BCUT2D eigenvalue weighted by molar-refractivity contribution is 5.17. The van der Waals surface area contributed by atoms with Gasteiger partial charge in [-0.25, -0.2) is 8.78 Å². The second-order valence-corrected chi connectivity index (χ2v) is 4.82. The number of likely N-dealkylation sites (tertiary alicyclic amines) is 1. The van der Waals surface area contributed by atoms with Crippen molar-refractivity contribution in [3.8, 4) is 0 Å². The molecule has 2 atom stereocenters. The summed E-state index contributed by atoms with van der Waals surface area (Å²) in [7, 11) is 0. The topological polar surface area (TPSA) is 23.5 Å². The second-order valence-electron chi connectivity index (χ2n) is 4.82. The van der Waals surface area contributed by atoms with E-state index in [-0.39, 0.29) is 6.10 Å². The molecular formula is C13H17F2NO. The lowest BCUT2D eigenvalue weighted by atomic mass is 9.96. The molecule has 2 nitrogen and oxygen atoms in total. The predicted octanol–water partition coefficient (Wildman–Crippen LogP) is 2.17. The van der Waals surface area contributed by atoms with Gasteiger partial charge in [0.2, 0.25) is 0 Å². The van der Waals surface area contributed by atoms with Crippen LogP contribution in [0.15, 0.2) is 18.2 Å². The van der Waals surface area contributed by atoms with Crippen molar-refractivity contribution >= 4 is 0 Å². The van der Waals surface area contributed by atoms with Crippen molar-refractivity contribution in [3.05, 3.63) is 35.4 Å². The van der Waals surface area contributed by atoms with Gasteiger partial charge in [0.1, 0.15) is 0 Å². The minimum absolute atomic E-state index is 0.316. The van der Waals surface area contributed by atoms with E-state index in [9.17, 15) is 13.9 Å². The predicted molar refractivity (Wildman–Crippen MR) is 61.4 cm³/mol. The molecule has 1 aromatic carbocycles. The first-order valence-electron chi connectivity index (χ1n) is 5.90. The molecule has 1 aliphatic rings. The van der Waals surface area contributed by atoms with E-state index in [4.69, 9.17) is 0 Å². The van der Waals surface area contributed by atoms with Crippen molar-refractivity contribution in [2.75, 3.05) is 13.1 Å². The molecule has 1 N–H and O–H groups in total. The van der Waals surface area contributed by atoms with Crippen molar-refractivity contribution in [1.82, 2.24) is 4.90 Å². The van der Waals surface area contributed by atoms with Gasteiger partial charge in [0.05, 0.1) is 6.10 Å². The molecule has 0 aromatic heterocycles. The molecular weight excluding hydrogens is 224 g/mol. The van der Waals surface area contributed by atoms with Gasteiger partial charge in [0.15, 0.2) is 11.6 Å². The van der Waals surface area contributed by atoms with Crippen LogP contribution < -0.4 is 0 Å². The quantitative estimate of drug-likeness (QED) is 0.857. The van der Waals surface area contributed by atoms with E-state index in [1.54, 1.807) is 6.07 Å². The van der Waals surface area contributed by atoms with Gasteiger partial charge in [0, 0.05) is 13.1 Å². The van der Waals surface area contributed by atoms with Crippen LogP contribution in [0.4, 0.5) is 8.78 Å². The molecule has 1 aromatic rings. The molecule has 2 rings (SSSR count).